The predicted molar refractivity (Wildman–Crippen MR) is 81.4 cm³/mol. The minimum absolute atomic E-state index is 0.200. The van der Waals surface area contributed by atoms with Gasteiger partial charge >= 0.3 is 0 Å². The van der Waals surface area contributed by atoms with Crippen LogP contribution in [0.1, 0.15) is 6.92 Å². The van der Waals surface area contributed by atoms with Gasteiger partial charge in [-0.05, 0) is 29.8 Å². The first-order valence-electron chi connectivity index (χ1n) is 6.69. The second-order valence-electron chi connectivity index (χ2n) is 5.24. The normalized spacial score (nSPS) is 17.4. The highest BCUT2D eigenvalue weighted by molar-refractivity contribution is 6.33. The lowest BCUT2D eigenvalue weighted by Crippen LogP contribution is -2.12. The van der Waals surface area contributed by atoms with Crippen LogP contribution in [0.25, 0.3) is 11.1 Å². The standard InChI is InChI=1S/C16H15ClFNO2/c1-9-7-20-14-3-2-10(4-15(14)21-8-9)12-5-11(18)6-13(17)16(12)19/h2-6,9H,7-8,19H2,1H3. The van der Waals surface area contributed by atoms with E-state index in [0.29, 0.717) is 41.9 Å². The van der Waals surface area contributed by atoms with Crippen LogP contribution in [0.3, 0.4) is 0 Å². The highest BCUT2D eigenvalue weighted by atomic mass is 35.5. The highest BCUT2D eigenvalue weighted by Gasteiger charge is 2.17. The van der Waals surface area contributed by atoms with Gasteiger partial charge in [0.05, 0.1) is 23.9 Å². The number of hydrogen-bond acceptors (Lipinski definition) is 3. The van der Waals surface area contributed by atoms with Crippen LogP contribution >= 0.6 is 11.6 Å². The Morgan fingerprint density at radius 2 is 1.86 bits per heavy atom. The number of nitrogens with two attached hydrogens (primary N) is 1. The van der Waals surface area contributed by atoms with Gasteiger partial charge in [-0.25, -0.2) is 4.39 Å². The van der Waals surface area contributed by atoms with Crippen molar-refractivity contribution in [3.05, 3.63) is 41.2 Å². The van der Waals surface area contributed by atoms with Crippen LogP contribution in [-0.4, -0.2) is 13.2 Å². The molecule has 5 heteroatoms. The second-order valence-corrected chi connectivity index (χ2v) is 5.64. The fourth-order valence-electron chi connectivity index (χ4n) is 2.24. The zero-order valence-corrected chi connectivity index (χ0v) is 12.3. The molecule has 3 nitrogen and oxygen atoms in total. The Kier molecular flexibility index (Phi) is 3.64. The molecule has 0 radical (unpaired) electrons. The van der Waals surface area contributed by atoms with Gasteiger partial charge in [0.15, 0.2) is 11.5 Å². The van der Waals surface area contributed by atoms with Crippen LogP contribution < -0.4 is 15.2 Å². The highest BCUT2D eigenvalue weighted by Crippen LogP contribution is 2.38. The van der Waals surface area contributed by atoms with E-state index in [1.807, 2.05) is 6.07 Å². The average Bonchev–Trinajstić information content (AvgIpc) is 2.64. The topological polar surface area (TPSA) is 44.5 Å². The molecule has 21 heavy (non-hydrogen) atoms. The van der Waals surface area contributed by atoms with Gasteiger partial charge in [-0.3, -0.25) is 0 Å². The molecular weight excluding hydrogens is 293 g/mol. The van der Waals surface area contributed by atoms with Crippen LogP contribution in [-0.2, 0) is 0 Å². The third kappa shape index (κ3) is 2.76. The fourth-order valence-corrected chi connectivity index (χ4v) is 2.45. The number of halogens is 2. The summed E-state index contributed by atoms with van der Waals surface area (Å²) in [6.07, 6.45) is 0. The van der Waals surface area contributed by atoms with E-state index < -0.39 is 5.82 Å². The van der Waals surface area contributed by atoms with E-state index in [9.17, 15) is 4.39 Å². The largest absolute Gasteiger partial charge is 0.489 e. The smallest absolute Gasteiger partial charge is 0.161 e. The number of anilines is 1. The van der Waals surface area contributed by atoms with Gasteiger partial charge in [0.25, 0.3) is 0 Å². The van der Waals surface area contributed by atoms with Gasteiger partial charge in [-0.2, -0.15) is 0 Å². The van der Waals surface area contributed by atoms with Gasteiger partial charge < -0.3 is 15.2 Å². The molecule has 1 aliphatic rings. The first-order valence-corrected chi connectivity index (χ1v) is 7.07. The summed E-state index contributed by atoms with van der Waals surface area (Å²) in [4.78, 5) is 0. The van der Waals surface area contributed by atoms with Crippen LogP contribution in [0.5, 0.6) is 11.5 Å². The Labute approximate surface area is 127 Å². The number of ether oxygens (including phenoxy) is 2. The molecular formula is C16H15ClFNO2. The lowest BCUT2D eigenvalue weighted by Gasteiger charge is -2.12. The van der Waals surface area contributed by atoms with Crippen molar-refractivity contribution in [3.8, 4) is 22.6 Å². The van der Waals surface area contributed by atoms with E-state index >= 15 is 0 Å². The summed E-state index contributed by atoms with van der Waals surface area (Å²) < 4.78 is 25.0. The Bertz CT molecular complexity index is 690. The van der Waals surface area contributed by atoms with Gasteiger partial charge in [-0.15, -0.1) is 0 Å². The van der Waals surface area contributed by atoms with E-state index in [1.165, 1.54) is 12.1 Å². The van der Waals surface area contributed by atoms with Gasteiger partial charge in [0.1, 0.15) is 5.82 Å². The van der Waals surface area contributed by atoms with Crippen molar-refractivity contribution in [2.45, 2.75) is 6.92 Å². The summed E-state index contributed by atoms with van der Waals surface area (Å²) in [5.41, 5.74) is 7.58. The maximum Gasteiger partial charge on any atom is 0.161 e. The molecule has 0 aliphatic carbocycles. The first kappa shape index (κ1) is 14.0. The van der Waals surface area contributed by atoms with Crippen molar-refractivity contribution in [1.29, 1.82) is 0 Å². The molecule has 0 bridgehead atoms. The molecule has 2 N–H and O–H groups in total. The van der Waals surface area contributed by atoms with E-state index in [1.54, 1.807) is 12.1 Å². The summed E-state index contributed by atoms with van der Waals surface area (Å²) in [5, 5.41) is 0.200. The van der Waals surface area contributed by atoms with Crippen LogP contribution in [0.4, 0.5) is 10.1 Å². The SMILES string of the molecule is CC1COc2ccc(-c3cc(F)cc(Cl)c3N)cc2OC1. The quantitative estimate of drug-likeness (QED) is 0.805. The third-order valence-corrected chi connectivity index (χ3v) is 3.71. The Morgan fingerprint density at radius 3 is 2.62 bits per heavy atom. The molecule has 2 aromatic rings. The number of fused-ring (bicyclic) bond motifs is 1. The summed E-state index contributed by atoms with van der Waals surface area (Å²) >= 11 is 5.94. The monoisotopic (exact) mass is 307 g/mol. The van der Waals surface area contributed by atoms with Crippen LogP contribution in [0.2, 0.25) is 5.02 Å². The summed E-state index contributed by atoms with van der Waals surface area (Å²) in [6.45, 7) is 3.24. The molecule has 0 amide bonds. The molecule has 0 saturated heterocycles. The lowest BCUT2D eigenvalue weighted by molar-refractivity contribution is 0.228. The zero-order chi connectivity index (χ0) is 15.0. The maximum atomic E-state index is 13.6. The first-order chi connectivity index (χ1) is 10.0. The molecule has 110 valence electrons. The average molecular weight is 308 g/mol. The molecule has 2 aromatic carbocycles. The van der Waals surface area contributed by atoms with Crippen molar-refractivity contribution >= 4 is 17.3 Å². The molecule has 1 heterocycles. The molecule has 1 atom stereocenters. The number of rotatable bonds is 1. The molecule has 1 unspecified atom stereocenters. The van der Waals surface area contributed by atoms with Crippen molar-refractivity contribution in [2.24, 2.45) is 5.92 Å². The van der Waals surface area contributed by atoms with Gasteiger partial charge in [0, 0.05) is 11.5 Å². The zero-order valence-electron chi connectivity index (χ0n) is 11.5. The van der Waals surface area contributed by atoms with Gasteiger partial charge in [-0.1, -0.05) is 24.6 Å². The molecule has 0 fully saturated rings. The molecule has 3 rings (SSSR count). The minimum Gasteiger partial charge on any atom is -0.489 e. The Balaban J connectivity index is 2.05. The van der Waals surface area contributed by atoms with E-state index in [2.05, 4.69) is 6.92 Å². The van der Waals surface area contributed by atoms with Crippen molar-refractivity contribution in [3.63, 3.8) is 0 Å². The number of benzene rings is 2. The van der Waals surface area contributed by atoms with E-state index in [-0.39, 0.29) is 5.02 Å². The summed E-state index contributed by atoms with van der Waals surface area (Å²) in [5.74, 6) is 1.21. The number of hydrogen-bond donors (Lipinski definition) is 1. The molecule has 0 spiro atoms. The summed E-state index contributed by atoms with van der Waals surface area (Å²) in [7, 11) is 0. The van der Waals surface area contributed by atoms with E-state index in [0.717, 1.165) is 5.56 Å². The van der Waals surface area contributed by atoms with Gasteiger partial charge in [0.2, 0.25) is 0 Å². The molecule has 0 aromatic heterocycles. The van der Waals surface area contributed by atoms with Crippen molar-refractivity contribution in [1.82, 2.24) is 0 Å². The predicted octanol–water partition coefficient (Wildman–Crippen LogP) is 4.14. The molecule has 1 aliphatic heterocycles. The minimum atomic E-state index is -0.426. The molecule has 0 saturated carbocycles. The van der Waals surface area contributed by atoms with Crippen LogP contribution in [0.15, 0.2) is 30.3 Å². The Morgan fingerprint density at radius 1 is 1.14 bits per heavy atom. The second kappa shape index (κ2) is 5.45. The third-order valence-electron chi connectivity index (χ3n) is 3.40. The fraction of sp³-hybridized carbons (Fsp3) is 0.250. The number of nitrogen functional groups attached to an aromatic ring is 1. The summed E-state index contributed by atoms with van der Waals surface area (Å²) in [6, 6.07) is 7.99. The van der Waals surface area contributed by atoms with Crippen molar-refractivity contribution < 1.29 is 13.9 Å². The maximum absolute atomic E-state index is 13.6. The Hall–Kier alpha value is -1.94. The van der Waals surface area contributed by atoms with Crippen molar-refractivity contribution in [2.75, 3.05) is 18.9 Å². The van der Waals surface area contributed by atoms with E-state index in [4.69, 9.17) is 26.8 Å². The lowest BCUT2D eigenvalue weighted by atomic mass is 10.0. The van der Waals surface area contributed by atoms with Crippen LogP contribution in [0, 0.1) is 11.7 Å².